The lowest BCUT2D eigenvalue weighted by molar-refractivity contribution is -0.253. The van der Waals surface area contributed by atoms with E-state index in [9.17, 15) is 9.13 Å². The number of alkyl halides is 2. The lowest BCUT2D eigenvalue weighted by Gasteiger charge is -2.40. The molecular formula is C23H36F2O7P2. The molecular weight excluding hydrogens is 488 g/mol. The first-order valence-corrected chi connectivity index (χ1v) is 16.3. The lowest BCUT2D eigenvalue weighted by Crippen LogP contribution is -2.50. The molecule has 7 nitrogen and oxygen atoms in total. The fourth-order valence-corrected chi connectivity index (χ4v) is 6.48. The summed E-state index contributed by atoms with van der Waals surface area (Å²) in [5.41, 5.74) is -4.34. The Balaban J connectivity index is 1.98. The highest BCUT2D eigenvalue weighted by atomic mass is 31.2. The zero-order chi connectivity index (χ0) is 25.4. The monoisotopic (exact) mass is 524 g/mol. The van der Waals surface area contributed by atoms with Gasteiger partial charge in [0.05, 0.1) is 19.6 Å². The average Bonchev–Trinajstić information content (AvgIpc) is 3.13. The van der Waals surface area contributed by atoms with E-state index >= 15 is 8.78 Å². The van der Waals surface area contributed by atoms with Gasteiger partial charge in [-0.25, -0.2) is 0 Å². The van der Waals surface area contributed by atoms with Crippen molar-refractivity contribution in [3.05, 3.63) is 35.9 Å². The van der Waals surface area contributed by atoms with Gasteiger partial charge < -0.3 is 28.0 Å². The number of benzene rings is 1. The molecule has 0 saturated carbocycles. The third-order valence-corrected chi connectivity index (χ3v) is 9.75. The summed E-state index contributed by atoms with van der Waals surface area (Å²) in [6.07, 6.45) is -3.67. The molecule has 0 N–H and O–H groups in total. The fourth-order valence-electron chi connectivity index (χ4n) is 4.37. The van der Waals surface area contributed by atoms with Gasteiger partial charge in [-0.05, 0) is 46.1 Å². The maximum Gasteiger partial charge on any atom is 0.300 e. The van der Waals surface area contributed by atoms with Crippen LogP contribution in [0.3, 0.4) is 0 Å². The molecule has 5 atom stereocenters. The summed E-state index contributed by atoms with van der Waals surface area (Å²) < 4.78 is 85.6. The number of hydrogen-bond acceptors (Lipinski definition) is 7. The van der Waals surface area contributed by atoms with Crippen LogP contribution in [0.15, 0.2) is 30.3 Å². The molecule has 2 unspecified atom stereocenters. The molecule has 194 valence electrons. The van der Waals surface area contributed by atoms with Crippen LogP contribution in [0.2, 0.25) is 0 Å². The molecule has 2 saturated heterocycles. The SMILES string of the molecule is CCOP(C)(=O)CC[C@]1(CC(F)(F)P(C)(C)=O)O[C@@H]2OC(C)(C)OC2[C@H]1OCc1ccccc1. The first-order valence-electron chi connectivity index (χ1n) is 11.4. The van der Waals surface area contributed by atoms with Crippen LogP contribution < -0.4 is 0 Å². The van der Waals surface area contributed by atoms with Crippen molar-refractivity contribution in [2.75, 3.05) is 32.8 Å². The minimum absolute atomic E-state index is 0.0112. The number of fused-ring (bicyclic) bond motifs is 1. The maximum absolute atomic E-state index is 15.3. The Labute approximate surface area is 200 Å². The number of hydrogen-bond donors (Lipinski definition) is 0. The van der Waals surface area contributed by atoms with Crippen LogP contribution in [-0.2, 0) is 39.2 Å². The van der Waals surface area contributed by atoms with Gasteiger partial charge >= 0.3 is 0 Å². The summed E-state index contributed by atoms with van der Waals surface area (Å²) in [6, 6.07) is 9.30. The Morgan fingerprint density at radius 1 is 1.06 bits per heavy atom. The Bertz CT molecular complexity index is 937. The summed E-state index contributed by atoms with van der Waals surface area (Å²) in [5, 5.41) is 0. The van der Waals surface area contributed by atoms with Crippen molar-refractivity contribution in [1.82, 2.24) is 0 Å². The van der Waals surface area contributed by atoms with Crippen LogP contribution in [-0.4, -0.2) is 68.3 Å². The Kier molecular flexibility index (Phi) is 8.22. The standard InChI is InChI=1S/C23H36F2O7P2/c1-7-29-34(6,27)14-13-22(16-23(24,25)33(4,5)26)19(28-15-17-11-9-8-10-12-17)18-20(32-22)31-21(2,3)30-18/h8-12,18-20H,7,13-16H2,1-6H3/t18?,19-,20+,22-,34?/m1/s1. The van der Waals surface area contributed by atoms with Gasteiger partial charge in [0.15, 0.2) is 19.4 Å². The van der Waals surface area contributed by atoms with Crippen molar-refractivity contribution >= 4 is 14.5 Å². The van der Waals surface area contributed by atoms with Gasteiger partial charge in [0.2, 0.25) is 0 Å². The largest absolute Gasteiger partial charge is 0.368 e. The van der Waals surface area contributed by atoms with E-state index in [0.29, 0.717) is 0 Å². The fraction of sp³-hybridized carbons (Fsp3) is 0.739. The molecule has 0 bridgehead atoms. The molecule has 0 aliphatic carbocycles. The molecule has 0 amide bonds. The van der Waals surface area contributed by atoms with Crippen molar-refractivity contribution in [3.63, 3.8) is 0 Å². The van der Waals surface area contributed by atoms with Crippen LogP contribution in [0.1, 0.15) is 39.2 Å². The summed E-state index contributed by atoms with van der Waals surface area (Å²) >= 11 is 0. The second-order valence-corrected chi connectivity index (χ2v) is 16.1. The van der Waals surface area contributed by atoms with Crippen LogP contribution >= 0.6 is 14.5 Å². The van der Waals surface area contributed by atoms with Gasteiger partial charge in [0.25, 0.3) is 5.66 Å². The Morgan fingerprint density at radius 2 is 1.71 bits per heavy atom. The highest BCUT2D eigenvalue weighted by Gasteiger charge is 2.66. The van der Waals surface area contributed by atoms with E-state index in [0.717, 1.165) is 18.9 Å². The summed E-state index contributed by atoms with van der Waals surface area (Å²) in [4.78, 5) is 0. The first-order chi connectivity index (χ1) is 15.6. The summed E-state index contributed by atoms with van der Waals surface area (Å²) in [7, 11) is -6.93. The minimum Gasteiger partial charge on any atom is -0.368 e. The molecule has 11 heteroatoms. The maximum atomic E-state index is 15.3. The van der Waals surface area contributed by atoms with Crippen LogP contribution in [0.4, 0.5) is 8.78 Å². The molecule has 0 aromatic heterocycles. The number of halogens is 2. The second kappa shape index (κ2) is 10.0. The van der Waals surface area contributed by atoms with Gasteiger partial charge in [-0.15, -0.1) is 0 Å². The highest BCUT2D eigenvalue weighted by molar-refractivity contribution is 7.63. The molecule has 2 fully saturated rings. The van der Waals surface area contributed by atoms with Gasteiger partial charge in [0.1, 0.15) is 25.0 Å². The normalized spacial score (nSPS) is 30.8. The topological polar surface area (TPSA) is 80.3 Å². The van der Waals surface area contributed by atoms with Gasteiger partial charge in [-0.2, -0.15) is 8.78 Å². The number of ether oxygens (including phenoxy) is 4. The average molecular weight is 524 g/mol. The van der Waals surface area contributed by atoms with Crippen LogP contribution in [0.5, 0.6) is 0 Å². The lowest BCUT2D eigenvalue weighted by atomic mass is 9.88. The van der Waals surface area contributed by atoms with Gasteiger partial charge in [-0.1, -0.05) is 30.3 Å². The predicted octanol–water partition coefficient (Wildman–Crippen LogP) is 5.76. The van der Waals surface area contributed by atoms with Gasteiger partial charge in [-0.3, -0.25) is 4.57 Å². The van der Waals surface area contributed by atoms with Crippen molar-refractivity contribution in [2.45, 2.75) is 75.8 Å². The molecule has 2 aliphatic heterocycles. The summed E-state index contributed by atoms with van der Waals surface area (Å²) in [5.74, 6) is -0.992. The van der Waals surface area contributed by atoms with E-state index in [2.05, 4.69) is 0 Å². The molecule has 34 heavy (non-hydrogen) atoms. The van der Waals surface area contributed by atoms with Gasteiger partial charge in [0, 0.05) is 12.8 Å². The van der Waals surface area contributed by atoms with E-state index in [-0.39, 0.29) is 25.8 Å². The number of rotatable bonds is 11. The van der Waals surface area contributed by atoms with E-state index < -0.39 is 56.5 Å². The van der Waals surface area contributed by atoms with E-state index in [4.69, 9.17) is 23.5 Å². The Morgan fingerprint density at radius 3 is 2.29 bits per heavy atom. The molecule has 3 rings (SSSR count). The van der Waals surface area contributed by atoms with Crippen LogP contribution in [0, 0.1) is 0 Å². The van der Waals surface area contributed by atoms with Crippen molar-refractivity contribution in [2.24, 2.45) is 0 Å². The quantitative estimate of drug-likeness (QED) is 0.341. The summed E-state index contributed by atoms with van der Waals surface area (Å²) in [6.45, 7) is 9.07. The van der Waals surface area contributed by atoms with Crippen LogP contribution in [0.25, 0.3) is 0 Å². The van der Waals surface area contributed by atoms with E-state index in [1.165, 1.54) is 6.66 Å². The zero-order valence-electron chi connectivity index (χ0n) is 20.7. The second-order valence-electron chi connectivity index (χ2n) is 9.97. The third kappa shape index (κ3) is 6.36. The predicted molar refractivity (Wildman–Crippen MR) is 126 cm³/mol. The van der Waals surface area contributed by atoms with Crippen molar-refractivity contribution in [3.8, 4) is 0 Å². The van der Waals surface area contributed by atoms with Crippen molar-refractivity contribution in [1.29, 1.82) is 0 Å². The molecule has 1 aromatic carbocycles. The zero-order valence-corrected chi connectivity index (χ0v) is 22.5. The van der Waals surface area contributed by atoms with E-state index in [1.54, 1.807) is 20.8 Å². The molecule has 0 spiro atoms. The Hall–Kier alpha value is -0.660. The smallest absolute Gasteiger partial charge is 0.300 e. The van der Waals surface area contributed by atoms with Crippen molar-refractivity contribution < 1.29 is 41.4 Å². The molecule has 0 radical (unpaired) electrons. The highest BCUT2D eigenvalue weighted by Crippen LogP contribution is 2.61. The molecule has 2 aliphatic rings. The minimum atomic E-state index is -3.85. The van der Waals surface area contributed by atoms with E-state index in [1.807, 2.05) is 30.3 Å². The molecule has 2 heterocycles. The molecule has 1 aromatic rings. The first kappa shape index (κ1) is 27.9. The third-order valence-electron chi connectivity index (χ3n) is 6.17.